The Morgan fingerprint density at radius 2 is 1.59 bits per heavy atom. The van der Waals surface area contributed by atoms with Crippen LogP contribution in [0.5, 0.6) is 5.75 Å². The van der Waals surface area contributed by atoms with Crippen molar-refractivity contribution in [2.45, 2.75) is 51.0 Å². The van der Waals surface area contributed by atoms with Crippen LogP contribution in [0.3, 0.4) is 0 Å². The standard InChI is InChI=1S/C24H32N2O/c27-23-11-6-7-20(19-23)13-14-21-8-4-5-12-24(21)26-17-15-25(16-18-26)22-9-2-1-3-10-22/h4-8,11-12,19,22,27H,1-3,9-10,13-18H2. The number of hydrogen-bond donors (Lipinski definition) is 1. The third-order valence-corrected chi connectivity index (χ3v) is 6.33. The number of hydrogen-bond acceptors (Lipinski definition) is 3. The summed E-state index contributed by atoms with van der Waals surface area (Å²) in [7, 11) is 0. The molecular formula is C24H32N2O. The van der Waals surface area contributed by atoms with Gasteiger partial charge < -0.3 is 10.0 Å². The second-order valence-electron chi connectivity index (χ2n) is 8.11. The highest BCUT2D eigenvalue weighted by Crippen LogP contribution is 2.27. The van der Waals surface area contributed by atoms with Gasteiger partial charge in [-0.15, -0.1) is 0 Å². The summed E-state index contributed by atoms with van der Waals surface area (Å²) >= 11 is 0. The van der Waals surface area contributed by atoms with Gasteiger partial charge in [-0.2, -0.15) is 0 Å². The number of anilines is 1. The Morgan fingerprint density at radius 1 is 0.815 bits per heavy atom. The van der Waals surface area contributed by atoms with E-state index in [0.717, 1.165) is 32.0 Å². The lowest BCUT2D eigenvalue weighted by molar-refractivity contribution is 0.148. The van der Waals surface area contributed by atoms with E-state index in [1.165, 1.54) is 62.0 Å². The fourth-order valence-corrected chi connectivity index (χ4v) is 4.80. The van der Waals surface area contributed by atoms with Crippen LogP contribution in [0.1, 0.15) is 43.2 Å². The minimum atomic E-state index is 0.361. The summed E-state index contributed by atoms with van der Waals surface area (Å²) in [4.78, 5) is 5.32. The molecule has 3 nitrogen and oxygen atoms in total. The molecule has 0 spiro atoms. The van der Waals surface area contributed by atoms with E-state index in [1.54, 1.807) is 6.07 Å². The molecule has 0 bridgehead atoms. The summed E-state index contributed by atoms with van der Waals surface area (Å²) < 4.78 is 0. The molecule has 1 aliphatic carbocycles. The molecule has 2 aromatic rings. The van der Waals surface area contributed by atoms with E-state index in [9.17, 15) is 5.11 Å². The first-order chi connectivity index (χ1) is 13.3. The Bertz CT molecular complexity index is 731. The summed E-state index contributed by atoms with van der Waals surface area (Å²) in [5.74, 6) is 0.361. The molecule has 4 rings (SSSR count). The van der Waals surface area contributed by atoms with Crippen molar-refractivity contribution in [1.29, 1.82) is 0 Å². The molecule has 1 saturated carbocycles. The lowest BCUT2D eigenvalue weighted by Crippen LogP contribution is -2.51. The van der Waals surface area contributed by atoms with E-state index in [0.29, 0.717) is 5.75 Å². The van der Waals surface area contributed by atoms with Crippen molar-refractivity contribution < 1.29 is 5.11 Å². The molecule has 0 amide bonds. The maximum atomic E-state index is 9.69. The van der Waals surface area contributed by atoms with Gasteiger partial charge >= 0.3 is 0 Å². The topological polar surface area (TPSA) is 26.7 Å². The molecule has 1 heterocycles. The predicted octanol–water partition coefficient (Wildman–Crippen LogP) is 4.63. The van der Waals surface area contributed by atoms with Gasteiger partial charge in [-0.3, -0.25) is 4.90 Å². The monoisotopic (exact) mass is 364 g/mol. The fraction of sp³-hybridized carbons (Fsp3) is 0.500. The van der Waals surface area contributed by atoms with Crippen molar-refractivity contribution in [3.8, 4) is 5.75 Å². The molecule has 27 heavy (non-hydrogen) atoms. The van der Waals surface area contributed by atoms with Crippen LogP contribution >= 0.6 is 0 Å². The van der Waals surface area contributed by atoms with Crippen molar-refractivity contribution in [3.05, 3.63) is 59.7 Å². The number of para-hydroxylation sites is 1. The van der Waals surface area contributed by atoms with Crippen LogP contribution in [-0.2, 0) is 12.8 Å². The van der Waals surface area contributed by atoms with Gasteiger partial charge in [0.2, 0.25) is 0 Å². The highest BCUT2D eigenvalue weighted by Gasteiger charge is 2.25. The van der Waals surface area contributed by atoms with Gasteiger partial charge in [-0.05, 0) is 55.0 Å². The van der Waals surface area contributed by atoms with Gasteiger partial charge in [0, 0.05) is 37.9 Å². The summed E-state index contributed by atoms with van der Waals surface area (Å²) in [6.45, 7) is 4.68. The Morgan fingerprint density at radius 3 is 2.37 bits per heavy atom. The quantitative estimate of drug-likeness (QED) is 0.838. The lowest BCUT2D eigenvalue weighted by Gasteiger charge is -2.42. The minimum absolute atomic E-state index is 0.361. The van der Waals surface area contributed by atoms with Crippen LogP contribution in [-0.4, -0.2) is 42.2 Å². The maximum Gasteiger partial charge on any atom is 0.115 e. The molecule has 1 aliphatic heterocycles. The molecule has 1 saturated heterocycles. The minimum Gasteiger partial charge on any atom is -0.508 e. The van der Waals surface area contributed by atoms with Crippen LogP contribution < -0.4 is 4.90 Å². The number of rotatable bonds is 5. The van der Waals surface area contributed by atoms with Crippen molar-refractivity contribution in [2.24, 2.45) is 0 Å². The highest BCUT2D eigenvalue weighted by molar-refractivity contribution is 5.54. The fourth-order valence-electron chi connectivity index (χ4n) is 4.80. The SMILES string of the molecule is Oc1cccc(CCc2ccccc2N2CCN(C3CCCCC3)CC2)c1. The van der Waals surface area contributed by atoms with Gasteiger partial charge in [0.15, 0.2) is 0 Å². The van der Waals surface area contributed by atoms with Gasteiger partial charge in [-0.25, -0.2) is 0 Å². The Kier molecular flexibility index (Phi) is 5.98. The molecule has 0 unspecified atom stereocenters. The zero-order chi connectivity index (χ0) is 18.5. The second kappa shape index (κ2) is 8.79. The molecule has 2 aromatic carbocycles. The number of aromatic hydroxyl groups is 1. The van der Waals surface area contributed by atoms with Crippen molar-refractivity contribution in [1.82, 2.24) is 4.90 Å². The highest BCUT2D eigenvalue weighted by atomic mass is 16.3. The normalized spacial score (nSPS) is 19.3. The van der Waals surface area contributed by atoms with E-state index in [-0.39, 0.29) is 0 Å². The Hall–Kier alpha value is -2.00. The summed E-state index contributed by atoms with van der Waals surface area (Å²) in [6.07, 6.45) is 9.06. The average molecular weight is 365 g/mol. The molecule has 144 valence electrons. The number of benzene rings is 2. The molecule has 2 aliphatic rings. The first-order valence-electron chi connectivity index (χ1n) is 10.6. The first-order valence-corrected chi connectivity index (χ1v) is 10.6. The van der Waals surface area contributed by atoms with Gasteiger partial charge in [0.25, 0.3) is 0 Å². The molecule has 0 atom stereocenters. The van der Waals surface area contributed by atoms with Crippen molar-refractivity contribution in [3.63, 3.8) is 0 Å². The van der Waals surface area contributed by atoms with Crippen molar-refractivity contribution >= 4 is 5.69 Å². The first kappa shape index (κ1) is 18.4. The molecule has 0 aromatic heterocycles. The van der Waals surface area contributed by atoms with Gasteiger partial charge in [0.05, 0.1) is 0 Å². The zero-order valence-electron chi connectivity index (χ0n) is 16.3. The third-order valence-electron chi connectivity index (χ3n) is 6.33. The van der Waals surface area contributed by atoms with Crippen molar-refractivity contribution in [2.75, 3.05) is 31.1 Å². The average Bonchev–Trinajstić information content (AvgIpc) is 2.73. The predicted molar refractivity (Wildman–Crippen MR) is 113 cm³/mol. The third kappa shape index (κ3) is 4.65. The molecular weight excluding hydrogens is 332 g/mol. The van der Waals surface area contributed by atoms with Crippen LogP contribution in [0.4, 0.5) is 5.69 Å². The zero-order valence-corrected chi connectivity index (χ0v) is 16.3. The molecule has 1 N–H and O–H groups in total. The number of nitrogens with zero attached hydrogens (tertiary/aromatic N) is 2. The Balaban J connectivity index is 1.38. The lowest BCUT2D eigenvalue weighted by atomic mass is 9.93. The second-order valence-corrected chi connectivity index (χ2v) is 8.11. The largest absolute Gasteiger partial charge is 0.508 e. The molecule has 3 heteroatoms. The number of piperazine rings is 1. The smallest absolute Gasteiger partial charge is 0.115 e. The van der Waals surface area contributed by atoms with Gasteiger partial charge in [-0.1, -0.05) is 49.6 Å². The number of phenols is 1. The van der Waals surface area contributed by atoms with Crippen LogP contribution in [0, 0.1) is 0 Å². The van der Waals surface area contributed by atoms with E-state index in [4.69, 9.17) is 0 Å². The number of aryl methyl sites for hydroxylation is 2. The van der Waals surface area contributed by atoms with E-state index in [1.807, 2.05) is 12.1 Å². The van der Waals surface area contributed by atoms with Crippen LogP contribution in [0.25, 0.3) is 0 Å². The molecule has 0 radical (unpaired) electrons. The van der Waals surface area contributed by atoms with E-state index in [2.05, 4.69) is 40.1 Å². The maximum absolute atomic E-state index is 9.69. The summed E-state index contributed by atoms with van der Waals surface area (Å²) in [5.41, 5.74) is 4.03. The molecule has 2 fully saturated rings. The van der Waals surface area contributed by atoms with Crippen LogP contribution in [0.15, 0.2) is 48.5 Å². The van der Waals surface area contributed by atoms with Gasteiger partial charge in [0.1, 0.15) is 5.75 Å². The van der Waals surface area contributed by atoms with E-state index >= 15 is 0 Å². The van der Waals surface area contributed by atoms with E-state index < -0.39 is 0 Å². The number of phenolic OH excluding ortho intramolecular Hbond substituents is 1. The summed E-state index contributed by atoms with van der Waals surface area (Å²) in [6, 6.07) is 17.4. The van der Waals surface area contributed by atoms with Crippen LogP contribution in [0.2, 0.25) is 0 Å². The summed E-state index contributed by atoms with van der Waals surface area (Å²) in [5, 5.41) is 9.69. The Labute approximate surface area is 163 Å².